The minimum absolute atomic E-state index is 0.224. The monoisotopic (exact) mass is 310 g/mol. The minimum Gasteiger partial charge on any atom is -0.468 e. The van der Waals surface area contributed by atoms with E-state index in [9.17, 15) is 9.59 Å². The van der Waals surface area contributed by atoms with Gasteiger partial charge in [-0.2, -0.15) is 0 Å². The topological polar surface area (TPSA) is 43.4 Å². The molecule has 1 aromatic rings. The van der Waals surface area contributed by atoms with Crippen molar-refractivity contribution in [2.45, 2.75) is 31.1 Å². The summed E-state index contributed by atoms with van der Waals surface area (Å²) < 4.78 is 5.86. The number of ether oxygens (including phenoxy) is 1. The molecular formula is C14H15BrO3. The molecular weight excluding hydrogens is 296 g/mol. The van der Waals surface area contributed by atoms with Crippen LogP contribution in [0.2, 0.25) is 0 Å². The van der Waals surface area contributed by atoms with Crippen molar-refractivity contribution in [2.75, 3.05) is 7.11 Å². The van der Waals surface area contributed by atoms with Crippen LogP contribution in [0.4, 0.5) is 0 Å². The van der Waals surface area contributed by atoms with Gasteiger partial charge < -0.3 is 4.74 Å². The highest BCUT2D eigenvalue weighted by atomic mass is 79.9. The molecule has 0 atom stereocenters. The summed E-state index contributed by atoms with van der Waals surface area (Å²) in [5, 5.41) is 0. The van der Waals surface area contributed by atoms with Gasteiger partial charge in [-0.05, 0) is 24.5 Å². The van der Waals surface area contributed by atoms with E-state index in [2.05, 4.69) is 15.9 Å². The molecule has 0 spiro atoms. The molecule has 2 rings (SSSR count). The second-order valence-corrected chi connectivity index (χ2v) is 5.45. The third-order valence-electron chi connectivity index (χ3n) is 3.63. The molecule has 96 valence electrons. The van der Waals surface area contributed by atoms with Gasteiger partial charge in [-0.1, -0.05) is 34.1 Å². The number of rotatable bonds is 2. The van der Waals surface area contributed by atoms with Crippen LogP contribution in [0.1, 0.15) is 31.2 Å². The lowest BCUT2D eigenvalue weighted by atomic mass is 9.69. The standard InChI is InChI=1S/C14H15BrO3/c1-18-13(17)14(8-6-10(16)7-9-14)11-4-2-3-5-12(11)15/h2-5H,6-9H2,1H3. The lowest BCUT2D eigenvalue weighted by molar-refractivity contribution is -0.149. The molecule has 1 aliphatic carbocycles. The van der Waals surface area contributed by atoms with E-state index in [0.717, 1.165) is 10.0 Å². The highest BCUT2D eigenvalue weighted by Gasteiger charge is 2.45. The molecule has 1 aromatic carbocycles. The molecule has 0 aliphatic heterocycles. The third-order valence-corrected chi connectivity index (χ3v) is 4.32. The van der Waals surface area contributed by atoms with Crippen LogP contribution in [-0.2, 0) is 19.7 Å². The number of halogens is 1. The Morgan fingerprint density at radius 1 is 1.28 bits per heavy atom. The lowest BCUT2D eigenvalue weighted by Gasteiger charge is -2.35. The van der Waals surface area contributed by atoms with Crippen LogP contribution in [0.5, 0.6) is 0 Å². The molecule has 0 amide bonds. The second-order valence-electron chi connectivity index (χ2n) is 4.59. The quantitative estimate of drug-likeness (QED) is 0.789. The van der Waals surface area contributed by atoms with Crippen molar-refractivity contribution >= 4 is 27.7 Å². The average Bonchev–Trinajstić information content (AvgIpc) is 2.40. The minimum atomic E-state index is -0.678. The second kappa shape index (κ2) is 5.22. The SMILES string of the molecule is COC(=O)C1(c2ccccc2Br)CCC(=O)CC1. The van der Waals surface area contributed by atoms with Gasteiger partial charge in [0.1, 0.15) is 5.78 Å². The fraction of sp³-hybridized carbons (Fsp3) is 0.429. The molecule has 0 N–H and O–H groups in total. The molecule has 0 bridgehead atoms. The summed E-state index contributed by atoms with van der Waals surface area (Å²) in [7, 11) is 1.40. The van der Waals surface area contributed by atoms with Gasteiger partial charge in [0.2, 0.25) is 0 Å². The maximum atomic E-state index is 12.2. The molecule has 4 heteroatoms. The van der Waals surface area contributed by atoms with E-state index in [4.69, 9.17) is 4.74 Å². The number of esters is 1. The smallest absolute Gasteiger partial charge is 0.316 e. The zero-order valence-corrected chi connectivity index (χ0v) is 11.8. The number of ketones is 1. The maximum Gasteiger partial charge on any atom is 0.316 e. The van der Waals surface area contributed by atoms with Gasteiger partial charge in [-0.3, -0.25) is 9.59 Å². The van der Waals surface area contributed by atoms with Gasteiger partial charge in [0.05, 0.1) is 12.5 Å². The molecule has 0 unspecified atom stereocenters. The van der Waals surface area contributed by atoms with E-state index < -0.39 is 5.41 Å². The molecule has 18 heavy (non-hydrogen) atoms. The predicted octanol–water partition coefficient (Wildman–Crippen LogP) is 3.00. The first-order valence-corrected chi connectivity index (χ1v) is 6.74. The largest absolute Gasteiger partial charge is 0.468 e. The molecule has 0 aromatic heterocycles. The normalized spacial score (nSPS) is 18.4. The number of carbonyl (C=O) groups is 2. The summed E-state index contributed by atoms with van der Waals surface area (Å²) in [6, 6.07) is 7.65. The van der Waals surface area contributed by atoms with Gasteiger partial charge in [-0.15, -0.1) is 0 Å². The van der Waals surface area contributed by atoms with Crippen molar-refractivity contribution in [3.8, 4) is 0 Å². The van der Waals surface area contributed by atoms with Gasteiger partial charge >= 0.3 is 5.97 Å². The Kier molecular flexibility index (Phi) is 3.85. The number of Topliss-reactive ketones (excluding diaryl/α,β-unsaturated/α-hetero) is 1. The van der Waals surface area contributed by atoms with Gasteiger partial charge in [0, 0.05) is 17.3 Å². The van der Waals surface area contributed by atoms with E-state index in [1.54, 1.807) is 0 Å². The summed E-state index contributed by atoms with van der Waals surface area (Å²) in [5.41, 5.74) is 0.243. The zero-order valence-electron chi connectivity index (χ0n) is 10.2. The average molecular weight is 311 g/mol. The van der Waals surface area contributed by atoms with E-state index in [-0.39, 0.29) is 11.8 Å². The Morgan fingerprint density at radius 3 is 2.44 bits per heavy atom. The molecule has 1 fully saturated rings. The first kappa shape index (κ1) is 13.3. The van der Waals surface area contributed by atoms with E-state index in [1.807, 2.05) is 24.3 Å². The Balaban J connectivity index is 2.46. The van der Waals surface area contributed by atoms with E-state index in [0.29, 0.717) is 25.7 Å². The first-order chi connectivity index (χ1) is 8.60. The van der Waals surface area contributed by atoms with E-state index >= 15 is 0 Å². The van der Waals surface area contributed by atoms with Crippen LogP contribution in [0, 0.1) is 0 Å². The van der Waals surface area contributed by atoms with Crippen molar-refractivity contribution in [3.63, 3.8) is 0 Å². The highest BCUT2D eigenvalue weighted by molar-refractivity contribution is 9.10. The van der Waals surface area contributed by atoms with Crippen LogP contribution >= 0.6 is 15.9 Å². The number of carbonyl (C=O) groups excluding carboxylic acids is 2. The van der Waals surface area contributed by atoms with E-state index in [1.165, 1.54) is 7.11 Å². The van der Waals surface area contributed by atoms with Crippen molar-refractivity contribution < 1.29 is 14.3 Å². The number of methoxy groups -OCH3 is 1. The van der Waals surface area contributed by atoms with Gasteiger partial charge in [0.15, 0.2) is 0 Å². The van der Waals surface area contributed by atoms with Crippen LogP contribution < -0.4 is 0 Å². The number of hydrogen-bond acceptors (Lipinski definition) is 3. The highest BCUT2D eigenvalue weighted by Crippen LogP contribution is 2.42. The number of benzene rings is 1. The van der Waals surface area contributed by atoms with Crippen LogP contribution in [0.25, 0.3) is 0 Å². The van der Waals surface area contributed by atoms with Gasteiger partial charge in [-0.25, -0.2) is 0 Å². The Hall–Kier alpha value is -1.16. The Labute approximate surface area is 115 Å². The van der Waals surface area contributed by atoms with Crippen molar-refractivity contribution in [1.82, 2.24) is 0 Å². The Morgan fingerprint density at radius 2 is 1.89 bits per heavy atom. The molecule has 0 saturated heterocycles. The third kappa shape index (κ3) is 2.21. The van der Waals surface area contributed by atoms with Crippen molar-refractivity contribution in [3.05, 3.63) is 34.3 Å². The molecule has 0 radical (unpaired) electrons. The van der Waals surface area contributed by atoms with Crippen LogP contribution in [0.3, 0.4) is 0 Å². The van der Waals surface area contributed by atoms with Crippen molar-refractivity contribution in [2.24, 2.45) is 0 Å². The fourth-order valence-electron chi connectivity index (χ4n) is 2.58. The summed E-state index contributed by atoms with van der Waals surface area (Å²) in [6.07, 6.45) is 1.94. The Bertz CT molecular complexity index is 472. The van der Waals surface area contributed by atoms with Crippen molar-refractivity contribution in [1.29, 1.82) is 0 Å². The maximum absolute atomic E-state index is 12.2. The fourth-order valence-corrected chi connectivity index (χ4v) is 3.25. The lowest BCUT2D eigenvalue weighted by Crippen LogP contribution is -2.41. The molecule has 0 heterocycles. The van der Waals surface area contributed by atoms with Crippen LogP contribution in [0.15, 0.2) is 28.7 Å². The summed E-state index contributed by atoms with van der Waals surface area (Å²) in [6.45, 7) is 0. The number of hydrogen-bond donors (Lipinski definition) is 0. The zero-order chi connectivity index (χ0) is 13.2. The van der Waals surface area contributed by atoms with Gasteiger partial charge in [0.25, 0.3) is 0 Å². The summed E-state index contributed by atoms with van der Waals surface area (Å²) in [4.78, 5) is 23.6. The molecule has 1 saturated carbocycles. The molecule has 1 aliphatic rings. The molecule has 3 nitrogen and oxygen atoms in total. The summed E-state index contributed by atoms with van der Waals surface area (Å²) in [5.74, 6) is -0.0246. The van der Waals surface area contributed by atoms with Crippen LogP contribution in [-0.4, -0.2) is 18.9 Å². The predicted molar refractivity (Wildman–Crippen MR) is 71.3 cm³/mol. The first-order valence-electron chi connectivity index (χ1n) is 5.95. The summed E-state index contributed by atoms with van der Waals surface area (Å²) >= 11 is 3.49.